The minimum Gasteiger partial charge on any atom is -0.314 e. The van der Waals surface area contributed by atoms with E-state index in [0.29, 0.717) is 0 Å². The number of piperazine rings is 1. The van der Waals surface area contributed by atoms with Crippen molar-refractivity contribution >= 4 is 0 Å². The minimum atomic E-state index is -0.228. The Morgan fingerprint density at radius 2 is 1.30 bits per heavy atom. The highest BCUT2D eigenvalue weighted by molar-refractivity contribution is 5.32. The van der Waals surface area contributed by atoms with Crippen LogP contribution in [-0.4, -0.2) is 37.6 Å². The summed E-state index contributed by atoms with van der Waals surface area (Å²) in [6.45, 7) is 5.15. The van der Waals surface area contributed by atoms with Crippen LogP contribution in [0.5, 0.6) is 0 Å². The lowest BCUT2D eigenvalue weighted by molar-refractivity contribution is 0.235. The van der Waals surface area contributed by atoms with Gasteiger partial charge in [-0.15, -0.1) is 0 Å². The molecular weight excluding hydrogens is 294 g/mol. The zero-order valence-electron chi connectivity index (χ0n) is 13.1. The van der Waals surface area contributed by atoms with Crippen molar-refractivity contribution < 1.29 is 8.78 Å². The van der Waals surface area contributed by atoms with E-state index in [9.17, 15) is 8.78 Å². The Morgan fingerprint density at radius 1 is 0.826 bits per heavy atom. The Hall–Kier alpha value is -1.78. The van der Waals surface area contributed by atoms with E-state index in [1.54, 1.807) is 0 Å². The van der Waals surface area contributed by atoms with Crippen molar-refractivity contribution in [3.05, 3.63) is 71.3 Å². The number of rotatable bonds is 5. The van der Waals surface area contributed by atoms with Crippen LogP contribution in [0.4, 0.5) is 8.78 Å². The van der Waals surface area contributed by atoms with E-state index in [1.165, 1.54) is 24.3 Å². The third-order valence-corrected chi connectivity index (χ3v) is 4.49. The highest BCUT2D eigenvalue weighted by atomic mass is 19.1. The van der Waals surface area contributed by atoms with Gasteiger partial charge in [-0.25, -0.2) is 8.78 Å². The maximum absolute atomic E-state index is 13.2. The molecular formula is C19H22F2N2. The predicted octanol–water partition coefficient (Wildman–Crippen LogP) is 3.39. The largest absolute Gasteiger partial charge is 0.314 e. The van der Waals surface area contributed by atoms with Crippen LogP contribution in [0.1, 0.15) is 23.5 Å². The van der Waals surface area contributed by atoms with Crippen LogP contribution in [0.3, 0.4) is 0 Å². The number of halogens is 2. The number of nitrogens with one attached hydrogen (secondary N) is 1. The van der Waals surface area contributed by atoms with E-state index in [-0.39, 0.29) is 17.6 Å². The van der Waals surface area contributed by atoms with E-state index in [0.717, 1.165) is 50.3 Å². The van der Waals surface area contributed by atoms with Crippen LogP contribution < -0.4 is 5.32 Å². The van der Waals surface area contributed by atoms with Crippen molar-refractivity contribution in [2.45, 2.75) is 12.3 Å². The summed E-state index contributed by atoms with van der Waals surface area (Å²) in [6.07, 6.45) is 0.942. The molecule has 0 bridgehead atoms. The summed E-state index contributed by atoms with van der Waals surface area (Å²) in [7, 11) is 0. The number of benzene rings is 2. The van der Waals surface area contributed by atoms with E-state index < -0.39 is 0 Å². The summed E-state index contributed by atoms with van der Waals surface area (Å²) >= 11 is 0. The average molecular weight is 316 g/mol. The highest BCUT2D eigenvalue weighted by Crippen LogP contribution is 2.28. The molecule has 122 valence electrons. The van der Waals surface area contributed by atoms with Crippen LogP contribution in [-0.2, 0) is 0 Å². The standard InChI is InChI=1S/C19H22F2N2/c20-17-5-1-15(2-6-17)19(16-3-7-18(21)8-4-16)9-12-23-13-10-22-11-14-23/h1-8,19,22H,9-14H2. The third kappa shape index (κ3) is 4.36. The molecule has 1 aliphatic heterocycles. The molecule has 2 aromatic rings. The van der Waals surface area contributed by atoms with Gasteiger partial charge in [-0.1, -0.05) is 24.3 Å². The van der Waals surface area contributed by atoms with Crippen molar-refractivity contribution in [1.29, 1.82) is 0 Å². The van der Waals surface area contributed by atoms with Crippen molar-refractivity contribution in [3.8, 4) is 0 Å². The van der Waals surface area contributed by atoms with Crippen LogP contribution in [0.15, 0.2) is 48.5 Å². The maximum Gasteiger partial charge on any atom is 0.123 e. The van der Waals surface area contributed by atoms with Gasteiger partial charge in [-0.3, -0.25) is 0 Å². The van der Waals surface area contributed by atoms with E-state index >= 15 is 0 Å². The molecule has 0 saturated carbocycles. The Bertz CT molecular complexity index is 559. The zero-order valence-corrected chi connectivity index (χ0v) is 13.1. The quantitative estimate of drug-likeness (QED) is 0.909. The summed E-state index contributed by atoms with van der Waals surface area (Å²) in [5, 5.41) is 3.35. The first-order chi connectivity index (χ1) is 11.2. The number of nitrogens with zero attached hydrogens (tertiary/aromatic N) is 1. The maximum atomic E-state index is 13.2. The van der Waals surface area contributed by atoms with Gasteiger partial charge in [0.15, 0.2) is 0 Å². The SMILES string of the molecule is Fc1ccc(C(CCN2CCNCC2)c2ccc(F)cc2)cc1. The molecule has 0 radical (unpaired) electrons. The molecule has 0 unspecified atom stereocenters. The molecule has 0 amide bonds. The van der Waals surface area contributed by atoms with Crippen LogP contribution >= 0.6 is 0 Å². The predicted molar refractivity (Wildman–Crippen MR) is 88.6 cm³/mol. The van der Waals surface area contributed by atoms with E-state index in [2.05, 4.69) is 10.2 Å². The molecule has 0 spiro atoms. The second-order valence-corrected chi connectivity index (χ2v) is 6.04. The van der Waals surface area contributed by atoms with Crippen molar-refractivity contribution in [2.24, 2.45) is 0 Å². The van der Waals surface area contributed by atoms with Gasteiger partial charge in [0.25, 0.3) is 0 Å². The number of hydrogen-bond donors (Lipinski definition) is 1. The molecule has 0 aromatic heterocycles. The molecule has 1 fully saturated rings. The first-order valence-corrected chi connectivity index (χ1v) is 8.16. The Kier molecular flexibility index (Phi) is 5.36. The molecule has 4 heteroatoms. The molecule has 1 N–H and O–H groups in total. The molecule has 0 atom stereocenters. The van der Waals surface area contributed by atoms with E-state index in [4.69, 9.17) is 0 Å². The van der Waals surface area contributed by atoms with E-state index in [1.807, 2.05) is 24.3 Å². The Labute approximate surface area is 136 Å². The molecule has 2 nitrogen and oxygen atoms in total. The summed E-state index contributed by atoms with van der Waals surface area (Å²) in [4.78, 5) is 2.44. The molecule has 0 aliphatic carbocycles. The average Bonchev–Trinajstić information content (AvgIpc) is 2.59. The van der Waals surface area contributed by atoms with Gasteiger partial charge < -0.3 is 10.2 Å². The topological polar surface area (TPSA) is 15.3 Å². The summed E-state index contributed by atoms with van der Waals surface area (Å²) < 4.78 is 26.4. The first kappa shape index (κ1) is 16.1. The van der Waals surface area contributed by atoms with Crippen molar-refractivity contribution in [3.63, 3.8) is 0 Å². The Balaban J connectivity index is 1.77. The normalized spacial score (nSPS) is 16.0. The van der Waals surface area contributed by atoms with Gasteiger partial charge in [0.05, 0.1) is 0 Å². The van der Waals surface area contributed by atoms with Gasteiger partial charge in [0, 0.05) is 32.1 Å². The van der Waals surface area contributed by atoms with Crippen molar-refractivity contribution in [2.75, 3.05) is 32.7 Å². The summed E-state index contributed by atoms with van der Waals surface area (Å²) in [5.74, 6) is -0.298. The van der Waals surface area contributed by atoms with Crippen molar-refractivity contribution in [1.82, 2.24) is 10.2 Å². The molecule has 2 aromatic carbocycles. The van der Waals surface area contributed by atoms with Gasteiger partial charge in [0.1, 0.15) is 11.6 Å². The van der Waals surface area contributed by atoms with Crippen LogP contribution in [0, 0.1) is 11.6 Å². The minimum absolute atomic E-state index is 0.158. The lowest BCUT2D eigenvalue weighted by Gasteiger charge is -2.29. The summed E-state index contributed by atoms with van der Waals surface area (Å²) in [6, 6.07) is 13.3. The lowest BCUT2D eigenvalue weighted by Crippen LogP contribution is -2.44. The first-order valence-electron chi connectivity index (χ1n) is 8.16. The second-order valence-electron chi connectivity index (χ2n) is 6.04. The molecule has 1 aliphatic rings. The fraction of sp³-hybridized carbons (Fsp3) is 0.368. The fourth-order valence-electron chi connectivity index (χ4n) is 3.16. The molecule has 1 saturated heterocycles. The smallest absolute Gasteiger partial charge is 0.123 e. The zero-order chi connectivity index (χ0) is 16.1. The van der Waals surface area contributed by atoms with Gasteiger partial charge in [-0.2, -0.15) is 0 Å². The van der Waals surface area contributed by atoms with Gasteiger partial charge >= 0.3 is 0 Å². The molecule has 1 heterocycles. The molecule has 3 rings (SSSR count). The van der Waals surface area contributed by atoms with Crippen LogP contribution in [0.25, 0.3) is 0 Å². The highest BCUT2D eigenvalue weighted by Gasteiger charge is 2.17. The Morgan fingerprint density at radius 3 is 1.78 bits per heavy atom. The lowest BCUT2D eigenvalue weighted by atomic mass is 9.88. The molecule has 23 heavy (non-hydrogen) atoms. The monoisotopic (exact) mass is 316 g/mol. The summed E-state index contributed by atoms with van der Waals surface area (Å²) in [5.41, 5.74) is 2.15. The van der Waals surface area contributed by atoms with Crippen LogP contribution in [0.2, 0.25) is 0 Å². The fourth-order valence-corrected chi connectivity index (χ4v) is 3.16. The van der Waals surface area contributed by atoms with Gasteiger partial charge in [0.2, 0.25) is 0 Å². The van der Waals surface area contributed by atoms with Gasteiger partial charge in [-0.05, 0) is 48.4 Å². The third-order valence-electron chi connectivity index (χ3n) is 4.49. The number of hydrogen-bond acceptors (Lipinski definition) is 2. The second kappa shape index (κ2) is 7.66.